The summed E-state index contributed by atoms with van der Waals surface area (Å²) in [4.78, 5) is 0.0644. The van der Waals surface area contributed by atoms with Crippen LogP contribution in [-0.2, 0) is 4.74 Å². The minimum atomic E-state index is -0.397. The molecule has 5 heteroatoms. The number of benzene rings is 1. The number of ether oxygens (including phenoxy) is 1. The second-order valence-electron chi connectivity index (χ2n) is 4.47. The molecule has 0 atom stereocenters. The van der Waals surface area contributed by atoms with Crippen molar-refractivity contribution >= 4 is 22.9 Å². The monoisotopic (exact) mass is 268 g/mol. The van der Waals surface area contributed by atoms with Crippen LogP contribution in [0.15, 0.2) is 18.2 Å². The van der Waals surface area contributed by atoms with Gasteiger partial charge in [0.1, 0.15) is 10.8 Å². The van der Waals surface area contributed by atoms with E-state index in [4.69, 9.17) is 22.7 Å². The topological polar surface area (TPSA) is 47.3 Å². The molecule has 0 unspecified atom stereocenters. The van der Waals surface area contributed by atoms with Gasteiger partial charge in [0.05, 0.1) is 12.2 Å². The Morgan fingerprint density at radius 2 is 2.28 bits per heavy atom. The van der Waals surface area contributed by atoms with Crippen LogP contribution in [-0.4, -0.2) is 24.7 Å². The van der Waals surface area contributed by atoms with Crippen molar-refractivity contribution in [2.24, 2.45) is 11.7 Å². The Labute approximate surface area is 112 Å². The van der Waals surface area contributed by atoms with E-state index in [2.05, 4.69) is 5.32 Å². The Balaban J connectivity index is 1.83. The lowest BCUT2D eigenvalue weighted by Crippen LogP contribution is -2.17. The summed E-state index contributed by atoms with van der Waals surface area (Å²) in [6, 6.07) is 4.74. The van der Waals surface area contributed by atoms with Crippen LogP contribution in [0, 0.1) is 11.7 Å². The van der Waals surface area contributed by atoms with Gasteiger partial charge in [-0.15, -0.1) is 0 Å². The second kappa shape index (κ2) is 6.11. The molecule has 98 valence electrons. The van der Waals surface area contributed by atoms with Crippen LogP contribution in [0.1, 0.15) is 18.4 Å². The molecule has 3 nitrogen and oxygen atoms in total. The molecule has 1 aliphatic rings. The van der Waals surface area contributed by atoms with Gasteiger partial charge in [0.2, 0.25) is 0 Å². The van der Waals surface area contributed by atoms with Gasteiger partial charge in [-0.05, 0) is 30.9 Å². The van der Waals surface area contributed by atoms with E-state index in [9.17, 15) is 4.39 Å². The van der Waals surface area contributed by atoms with E-state index in [1.165, 1.54) is 18.9 Å². The number of anilines is 1. The van der Waals surface area contributed by atoms with Crippen LogP contribution in [0.4, 0.5) is 10.1 Å². The Morgan fingerprint density at radius 1 is 1.50 bits per heavy atom. The maximum Gasteiger partial charge on any atom is 0.135 e. The summed E-state index contributed by atoms with van der Waals surface area (Å²) in [5.41, 5.74) is 6.41. The summed E-state index contributed by atoms with van der Waals surface area (Å²) in [7, 11) is 0. The molecule has 1 aliphatic carbocycles. The Morgan fingerprint density at radius 3 is 2.94 bits per heavy atom. The number of nitrogens with two attached hydrogens (primary N) is 1. The molecule has 0 radical (unpaired) electrons. The molecule has 1 fully saturated rings. The number of nitrogens with one attached hydrogen (secondary N) is 1. The van der Waals surface area contributed by atoms with Crippen molar-refractivity contribution in [2.75, 3.05) is 25.1 Å². The van der Waals surface area contributed by atoms with Crippen molar-refractivity contribution in [3.63, 3.8) is 0 Å². The molecule has 0 aliphatic heterocycles. The van der Waals surface area contributed by atoms with Gasteiger partial charge in [-0.3, -0.25) is 0 Å². The Hall–Kier alpha value is -1.20. The zero-order chi connectivity index (χ0) is 13.0. The van der Waals surface area contributed by atoms with Crippen LogP contribution in [0.2, 0.25) is 0 Å². The fourth-order valence-electron chi connectivity index (χ4n) is 1.71. The predicted octanol–water partition coefficient (Wildman–Crippen LogP) is 2.30. The highest BCUT2D eigenvalue weighted by Gasteiger charge is 2.20. The fourth-order valence-corrected chi connectivity index (χ4v) is 1.92. The quantitative estimate of drug-likeness (QED) is 0.588. The van der Waals surface area contributed by atoms with Gasteiger partial charge in [0.25, 0.3) is 0 Å². The number of hydrogen-bond acceptors (Lipinski definition) is 3. The zero-order valence-electron chi connectivity index (χ0n) is 10.1. The molecule has 3 N–H and O–H groups in total. The number of thiocarbonyl (C=S) groups is 1. The second-order valence-corrected chi connectivity index (χ2v) is 4.91. The molecule has 1 aromatic carbocycles. The smallest absolute Gasteiger partial charge is 0.135 e. The summed E-state index contributed by atoms with van der Waals surface area (Å²) >= 11 is 4.85. The summed E-state index contributed by atoms with van der Waals surface area (Å²) in [6.07, 6.45) is 2.56. The van der Waals surface area contributed by atoms with Crippen LogP contribution < -0.4 is 11.1 Å². The fraction of sp³-hybridized carbons (Fsp3) is 0.462. The molecule has 1 saturated carbocycles. The van der Waals surface area contributed by atoms with Crippen molar-refractivity contribution in [3.8, 4) is 0 Å². The maximum absolute atomic E-state index is 13.6. The summed E-state index contributed by atoms with van der Waals surface area (Å²) in [5, 5.41) is 3.10. The van der Waals surface area contributed by atoms with Crippen LogP contribution in [0.3, 0.4) is 0 Å². The first-order chi connectivity index (χ1) is 8.68. The van der Waals surface area contributed by atoms with Crippen molar-refractivity contribution < 1.29 is 9.13 Å². The average Bonchev–Trinajstić information content (AvgIpc) is 3.12. The Kier molecular flexibility index (Phi) is 4.49. The van der Waals surface area contributed by atoms with E-state index in [-0.39, 0.29) is 10.6 Å². The number of halogens is 1. The van der Waals surface area contributed by atoms with Gasteiger partial charge in [-0.25, -0.2) is 4.39 Å². The molecule has 1 aromatic rings. The summed E-state index contributed by atoms with van der Waals surface area (Å²) in [5.74, 6) is 0.359. The van der Waals surface area contributed by atoms with Gasteiger partial charge < -0.3 is 15.8 Å². The molecule has 0 spiro atoms. The lowest BCUT2D eigenvalue weighted by Gasteiger charge is -2.12. The molecule has 0 heterocycles. The first-order valence-corrected chi connectivity index (χ1v) is 6.49. The van der Waals surface area contributed by atoms with E-state index in [0.29, 0.717) is 18.8 Å². The van der Waals surface area contributed by atoms with E-state index in [0.717, 1.165) is 12.5 Å². The first-order valence-electron chi connectivity index (χ1n) is 6.08. The Bertz CT molecular complexity index is 435. The molecule has 0 saturated heterocycles. The van der Waals surface area contributed by atoms with Crippen LogP contribution in [0.25, 0.3) is 0 Å². The van der Waals surface area contributed by atoms with Gasteiger partial charge in [0.15, 0.2) is 0 Å². The van der Waals surface area contributed by atoms with Gasteiger partial charge in [0, 0.05) is 18.8 Å². The highest BCUT2D eigenvalue weighted by Crippen LogP contribution is 2.28. The van der Waals surface area contributed by atoms with Crippen LogP contribution >= 0.6 is 12.2 Å². The summed E-state index contributed by atoms with van der Waals surface area (Å²) < 4.78 is 19.0. The third-order valence-electron chi connectivity index (χ3n) is 2.87. The van der Waals surface area contributed by atoms with Crippen LogP contribution in [0.5, 0.6) is 0 Å². The molecular weight excluding hydrogens is 251 g/mol. The van der Waals surface area contributed by atoms with Crippen molar-refractivity contribution in [2.45, 2.75) is 12.8 Å². The first kappa shape index (κ1) is 13.2. The molecule has 18 heavy (non-hydrogen) atoms. The molecule has 0 bridgehead atoms. The van der Waals surface area contributed by atoms with Gasteiger partial charge in [-0.2, -0.15) is 0 Å². The van der Waals surface area contributed by atoms with E-state index >= 15 is 0 Å². The van der Waals surface area contributed by atoms with Crippen molar-refractivity contribution in [1.29, 1.82) is 0 Å². The largest absolute Gasteiger partial charge is 0.389 e. The minimum Gasteiger partial charge on any atom is -0.389 e. The third kappa shape index (κ3) is 3.65. The third-order valence-corrected chi connectivity index (χ3v) is 3.08. The highest BCUT2D eigenvalue weighted by molar-refractivity contribution is 7.80. The lowest BCUT2D eigenvalue weighted by molar-refractivity contribution is 0.134. The number of hydrogen-bond donors (Lipinski definition) is 2. The minimum absolute atomic E-state index is 0.0644. The lowest BCUT2D eigenvalue weighted by atomic mass is 10.1. The van der Waals surface area contributed by atoms with E-state index in [1.807, 2.05) is 0 Å². The average molecular weight is 268 g/mol. The molecule has 2 rings (SSSR count). The van der Waals surface area contributed by atoms with Crippen molar-refractivity contribution in [1.82, 2.24) is 0 Å². The predicted molar refractivity (Wildman–Crippen MR) is 74.3 cm³/mol. The van der Waals surface area contributed by atoms with Crippen molar-refractivity contribution in [3.05, 3.63) is 29.6 Å². The number of rotatable bonds is 7. The summed E-state index contributed by atoms with van der Waals surface area (Å²) in [6.45, 7) is 2.04. The standard InChI is InChI=1S/C13H17FN2OS/c14-10-2-1-3-11(12(10)13(15)18)16-6-7-17-8-9-4-5-9/h1-3,9,16H,4-8H2,(H2,15,18). The molecule has 0 aromatic heterocycles. The van der Waals surface area contributed by atoms with Gasteiger partial charge in [-0.1, -0.05) is 18.3 Å². The maximum atomic E-state index is 13.6. The molecular formula is C13H17FN2OS. The van der Waals surface area contributed by atoms with Gasteiger partial charge >= 0.3 is 0 Å². The molecule has 0 amide bonds. The van der Waals surface area contributed by atoms with E-state index < -0.39 is 5.82 Å². The highest BCUT2D eigenvalue weighted by atomic mass is 32.1. The normalized spacial score (nSPS) is 14.5. The van der Waals surface area contributed by atoms with E-state index in [1.54, 1.807) is 12.1 Å². The zero-order valence-corrected chi connectivity index (χ0v) is 10.9. The SMILES string of the molecule is NC(=S)c1c(F)cccc1NCCOCC1CC1.